The minimum Gasteiger partial charge on any atom is -0.367 e. The van der Waals surface area contributed by atoms with E-state index in [1.54, 1.807) is 0 Å². The first-order valence-electron chi connectivity index (χ1n) is 1.81. The zero-order valence-corrected chi connectivity index (χ0v) is 5.05. The van der Waals surface area contributed by atoms with E-state index in [1.807, 2.05) is 0 Å². The molecule has 0 rings (SSSR count). The molecule has 1 atom stereocenters. The van der Waals surface area contributed by atoms with Crippen LogP contribution < -0.4 is 5.14 Å². The molecule has 0 aliphatic heterocycles. The van der Waals surface area contributed by atoms with E-state index >= 15 is 0 Å². The Morgan fingerprint density at radius 1 is 1.75 bits per heavy atom. The molecule has 0 spiro atoms. The van der Waals surface area contributed by atoms with Crippen molar-refractivity contribution in [1.29, 1.82) is 0 Å². The van der Waals surface area contributed by atoms with Gasteiger partial charge in [0.05, 0.1) is 0 Å². The summed E-state index contributed by atoms with van der Waals surface area (Å²) >= 11 is 0. The molecule has 0 aromatic rings. The minimum absolute atomic E-state index is 1.14. The van der Waals surface area contributed by atoms with Crippen LogP contribution in [0.15, 0.2) is 0 Å². The molecule has 0 heterocycles. The number of hydrogen-bond acceptors (Lipinski definition) is 4. The number of aliphatic hydroxyl groups excluding tert-OH is 1. The highest BCUT2D eigenvalue weighted by Gasteiger charge is 2.04. The van der Waals surface area contributed by atoms with Crippen molar-refractivity contribution in [3.63, 3.8) is 0 Å². The van der Waals surface area contributed by atoms with Gasteiger partial charge in [-0.3, -0.25) is 0 Å². The lowest BCUT2D eigenvalue weighted by atomic mass is 10.8. The van der Waals surface area contributed by atoms with Crippen LogP contribution in [-0.4, -0.2) is 19.8 Å². The SMILES string of the molecule is CC(O)OS(N)(=O)=O. The summed E-state index contributed by atoms with van der Waals surface area (Å²) in [6.07, 6.45) is -1.37. The highest BCUT2D eigenvalue weighted by molar-refractivity contribution is 7.84. The minimum atomic E-state index is -3.97. The molecule has 3 N–H and O–H groups in total. The van der Waals surface area contributed by atoms with Crippen LogP contribution in [0, 0.1) is 0 Å². The topological polar surface area (TPSA) is 89.6 Å². The van der Waals surface area contributed by atoms with Crippen molar-refractivity contribution in [2.24, 2.45) is 5.14 Å². The van der Waals surface area contributed by atoms with Gasteiger partial charge in [0.1, 0.15) is 0 Å². The van der Waals surface area contributed by atoms with Crippen LogP contribution in [0.2, 0.25) is 0 Å². The molecule has 5 nitrogen and oxygen atoms in total. The standard InChI is InChI=1S/C2H7NO4S/c1-2(4)7-8(3,5)6/h2,4H,1H3,(H2,3,5,6). The van der Waals surface area contributed by atoms with Crippen molar-refractivity contribution in [3.8, 4) is 0 Å². The number of rotatable bonds is 2. The van der Waals surface area contributed by atoms with Gasteiger partial charge in [0.2, 0.25) is 0 Å². The second-order valence-corrected chi connectivity index (χ2v) is 2.37. The zero-order valence-electron chi connectivity index (χ0n) is 4.23. The smallest absolute Gasteiger partial charge is 0.335 e. The summed E-state index contributed by atoms with van der Waals surface area (Å²) in [7, 11) is -3.97. The summed E-state index contributed by atoms with van der Waals surface area (Å²) in [5.74, 6) is 0. The monoisotopic (exact) mass is 141 g/mol. The van der Waals surface area contributed by atoms with Gasteiger partial charge in [0, 0.05) is 0 Å². The second-order valence-electron chi connectivity index (χ2n) is 1.19. The zero-order chi connectivity index (χ0) is 6.78. The molecule has 0 aliphatic rings. The van der Waals surface area contributed by atoms with Crippen molar-refractivity contribution in [2.75, 3.05) is 0 Å². The van der Waals surface area contributed by atoms with E-state index in [2.05, 4.69) is 9.32 Å². The maximum atomic E-state index is 9.84. The van der Waals surface area contributed by atoms with Crippen molar-refractivity contribution in [1.82, 2.24) is 0 Å². The van der Waals surface area contributed by atoms with E-state index in [4.69, 9.17) is 5.11 Å². The lowest BCUT2D eigenvalue weighted by molar-refractivity contribution is 0.00547. The molecule has 8 heavy (non-hydrogen) atoms. The van der Waals surface area contributed by atoms with Gasteiger partial charge in [-0.1, -0.05) is 0 Å². The van der Waals surface area contributed by atoms with Gasteiger partial charge in [-0.05, 0) is 6.92 Å². The molecule has 1 unspecified atom stereocenters. The Labute approximate surface area is 47.3 Å². The molecular weight excluding hydrogens is 134 g/mol. The normalized spacial score (nSPS) is 15.9. The van der Waals surface area contributed by atoms with E-state index in [-0.39, 0.29) is 0 Å². The Kier molecular flexibility index (Phi) is 2.35. The van der Waals surface area contributed by atoms with Gasteiger partial charge in [0.15, 0.2) is 6.29 Å². The molecule has 0 aromatic carbocycles. The lowest BCUT2D eigenvalue weighted by Gasteiger charge is -2.00. The Hall–Kier alpha value is -0.170. The van der Waals surface area contributed by atoms with Crippen LogP contribution in [-0.2, 0) is 14.5 Å². The van der Waals surface area contributed by atoms with Gasteiger partial charge in [-0.2, -0.15) is 8.42 Å². The van der Waals surface area contributed by atoms with Crippen molar-refractivity contribution < 1.29 is 17.7 Å². The highest BCUT2D eigenvalue weighted by Crippen LogP contribution is 1.86. The van der Waals surface area contributed by atoms with Crippen molar-refractivity contribution >= 4 is 10.3 Å². The molecular formula is C2H7NO4S. The molecule has 50 valence electrons. The molecule has 6 heteroatoms. The third-order valence-corrected chi connectivity index (χ3v) is 0.820. The Morgan fingerprint density at radius 2 is 2.12 bits per heavy atom. The van der Waals surface area contributed by atoms with Crippen LogP contribution in [0.4, 0.5) is 0 Å². The predicted octanol–water partition coefficient (Wildman–Crippen LogP) is -1.46. The molecule has 0 fully saturated rings. The first-order valence-corrected chi connectivity index (χ1v) is 3.28. The summed E-state index contributed by atoms with van der Waals surface area (Å²) in [6, 6.07) is 0. The van der Waals surface area contributed by atoms with Crippen LogP contribution in [0.1, 0.15) is 6.92 Å². The van der Waals surface area contributed by atoms with Crippen molar-refractivity contribution in [3.05, 3.63) is 0 Å². The van der Waals surface area contributed by atoms with Gasteiger partial charge >= 0.3 is 10.3 Å². The fourth-order valence-corrected chi connectivity index (χ4v) is 0.582. The third kappa shape index (κ3) is 5.83. The van der Waals surface area contributed by atoms with E-state index < -0.39 is 16.6 Å². The van der Waals surface area contributed by atoms with E-state index in [9.17, 15) is 8.42 Å². The molecule has 0 saturated carbocycles. The number of aliphatic hydroxyl groups is 1. The largest absolute Gasteiger partial charge is 0.367 e. The van der Waals surface area contributed by atoms with Crippen LogP contribution in [0.5, 0.6) is 0 Å². The Bertz CT molecular complexity index is 147. The fraction of sp³-hybridized carbons (Fsp3) is 1.00. The highest BCUT2D eigenvalue weighted by atomic mass is 32.2. The maximum Gasteiger partial charge on any atom is 0.335 e. The summed E-state index contributed by atoms with van der Waals surface area (Å²) < 4.78 is 23.4. The van der Waals surface area contributed by atoms with Gasteiger partial charge < -0.3 is 5.11 Å². The Morgan fingerprint density at radius 3 is 2.12 bits per heavy atom. The molecule has 0 aromatic heterocycles. The predicted molar refractivity (Wildman–Crippen MR) is 25.9 cm³/mol. The summed E-state index contributed by atoms with van der Waals surface area (Å²) in [6.45, 7) is 1.14. The van der Waals surface area contributed by atoms with Gasteiger partial charge in [0.25, 0.3) is 0 Å². The van der Waals surface area contributed by atoms with Gasteiger partial charge in [-0.25, -0.2) is 9.32 Å². The molecule has 0 saturated heterocycles. The number of nitrogens with two attached hydrogens (primary N) is 1. The quantitative estimate of drug-likeness (QED) is 0.460. The van der Waals surface area contributed by atoms with Crippen LogP contribution in [0.25, 0.3) is 0 Å². The van der Waals surface area contributed by atoms with Crippen LogP contribution in [0.3, 0.4) is 0 Å². The van der Waals surface area contributed by atoms with E-state index in [0.717, 1.165) is 6.92 Å². The molecule has 0 amide bonds. The number of hydrogen-bond donors (Lipinski definition) is 2. The summed E-state index contributed by atoms with van der Waals surface area (Å²) in [5, 5.41) is 12.5. The van der Waals surface area contributed by atoms with Crippen molar-refractivity contribution in [2.45, 2.75) is 13.2 Å². The summed E-state index contributed by atoms with van der Waals surface area (Å²) in [4.78, 5) is 0. The van der Waals surface area contributed by atoms with E-state index in [0.29, 0.717) is 0 Å². The van der Waals surface area contributed by atoms with Crippen LogP contribution >= 0.6 is 0 Å². The average molecular weight is 141 g/mol. The average Bonchev–Trinajstić information content (AvgIpc) is 1.21. The third-order valence-electron chi connectivity index (χ3n) is 0.273. The molecule has 0 bridgehead atoms. The lowest BCUT2D eigenvalue weighted by Crippen LogP contribution is -2.21. The Balaban J connectivity index is 3.75. The first kappa shape index (κ1) is 7.83. The first-order chi connectivity index (χ1) is 3.42. The van der Waals surface area contributed by atoms with E-state index in [1.165, 1.54) is 0 Å². The second kappa shape index (κ2) is 2.40. The maximum absolute atomic E-state index is 9.84. The van der Waals surface area contributed by atoms with Gasteiger partial charge in [-0.15, -0.1) is 0 Å². The molecule has 0 aliphatic carbocycles. The summed E-state index contributed by atoms with van der Waals surface area (Å²) in [5.41, 5.74) is 0. The fourth-order valence-electron chi connectivity index (χ4n) is 0.194. The molecule has 0 radical (unpaired) electrons.